The second-order valence-electron chi connectivity index (χ2n) is 7.50. The van der Waals surface area contributed by atoms with Crippen LogP contribution in [0, 0.1) is 13.8 Å². The fraction of sp³-hybridized carbons (Fsp3) is 0.304. The molecule has 6 heteroatoms. The number of hydrogen-bond donors (Lipinski definition) is 2. The van der Waals surface area contributed by atoms with Crippen LogP contribution in [-0.4, -0.2) is 31.2 Å². The van der Waals surface area contributed by atoms with Crippen LogP contribution in [0.5, 0.6) is 5.75 Å². The number of pyridine rings is 1. The second kappa shape index (κ2) is 7.87. The maximum Gasteiger partial charge on any atom is 0.170 e. The SMILES string of the molecule is CCCN1C(=S)N[C@@H](c2ccccn2)[C@@H]1c1cc(C)n(-c2ccc(O)cc2)c1C. The first kappa shape index (κ1) is 19.5. The van der Waals surface area contributed by atoms with Crippen LogP contribution < -0.4 is 5.32 Å². The monoisotopic (exact) mass is 406 g/mol. The topological polar surface area (TPSA) is 53.3 Å². The van der Waals surface area contributed by atoms with Crippen LogP contribution in [0.2, 0.25) is 0 Å². The van der Waals surface area contributed by atoms with Gasteiger partial charge in [-0.2, -0.15) is 0 Å². The molecule has 1 aliphatic heterocycles. The molecule has 0 unspecified atom stereocenters. The van der Waals surface area contributed by atoms with Gasteiger partial charge in [-0.15, -0.1) is 0 Å². The predicted molar refractivity (Wildman–Crippen MR) is 119 cm³/mol. The quantitative estimate of drug-likeness (QED) is 0.608. The maximum atomic E-state index is 9.66. The number of aromatic nitrogens is 2. The van der Waals surface area contributed by atoms with Gasteiger partial charge in [0, 0.05) is 29.8 Å². The van der Waals surface area contributed by atoms with E-state index in [2.05, 4.69) is 52.7 Å². The lowest BCUT2D eigenvalue weighted by Gasteiger charge is -2.27. The third-order valence-electron chi connectivity index (χ3n) is 5.56. The number of phenols is 1. The van der Waals surface area contributed by atoms with Gasteiger partial charge < -0.3 is 19.9 Å². The lowest BCUT2D eigenvalue weighted by Crippen LogP contribution is -2.30. The van der Waals surface area contributed by atoms with Crippen LogP contribution in [0.1, 0.15) is 48.1 Å². The van der Waals surface area contributed by atoms with E-state index in [0.717, 1.165) is 35.2 Å². The molecule has 0 radical (unpaired) electrons. The molecule has 0 spiro atoms. The number of rotatable bonds is 5. The number of benzene rings is 1. The average molecular weight is 407 g/mol. The summed E-state index contributed by atoms with van der Waals surface area (Å²) in [5.74, 6) is 0.270. The zero-order valence-corrected chi connectivity index (χ0v) is 17.8. The summed E-state index contributed by atoms with van der Waals surface area (Å²) < 4.78 is 2.23. The van der Waals surface area contributed by atoms with Crippen LogP contribution in [0.25, 0.3) is 5.69 Å². The van der Waals surface area contributed by atoms with Crippen molar-refractivity contribution in [3.8, 4) is 11.4 Å². The summed E-state index contributed by atoms with van der Waals surface area (Å²) in [4.78, 5) is 6.90. The Kier molecular flexibility index (Phi) is 5.28. The number of nitrogens with zero attached hydrogens (tertiary/aromatic N) is 3. The smallest absolute Gasteiger partial charge is 0.170 e. The highest BCUT2D eigenvalue weighted by atomic mass is 32.1. The zero-order valence-electron chi connectivity index (χ0n) is 17.0. The average Bonchev–Trinajstić information content (AvgIpc) is 3.20. The molecule has 2 atom stereocenters. The third-order valence-corrected chi connectivity index (χ3v) is 5.91. The molecular formula is C23H26N4OS. The lowest BCUT2D eigenvalue weighted by molar-refractivity contribution is 0.316. The maximum absolute atomic E-state index is 9.66. The lowest BCUT2D eigenvalue weighted by atomic mass is 9.96. The standard InChI is InChI=1S/C23H26N4OS/c1-4-13-26-22(21(25-23(26)29)20-7-5-6-12-24-20)19-14-15(2)27(16(19)3)17-8-10-18(28)11-9-17/h5-12,14,21-22,28H,4,13H2,1-3H3,(H,25,29)/t21-,22-/m0/s1. The van der Waals surface area contributed by atoms with Crippen LogP contribution >= 0.6 is 12.2 Å². The van der Waals surface area contributed by atoms with Crippen molar-refractivity contribution in [3.05, 3.63) is 77.4 Å². The Hall–Kier alpha value is -2.86. The van der Waals surface area contributed by atoms with Gasteiger partial charge >= 0.3 is 0 Å². The molecule has 0 aliphatic carbocycles. The molecule has 150 valence electrons. The van der Waals surface area contributed by atoms with E-state index < -0.39 is 0 Å². The van der Waals surface area contributed by atoms with Gasteiger partial charge in [-0.1, -0.05) is 13.0 Å². The second-order valence-corrected chi connectivity index (χ2v) is 7.88. The van der Waals surface area contributed by atoms with Crippen LogP contribution in [-0.2, 0) is 0 Å². The Morgan fingerprint density at radius 3 is 2.55 bits per heavy atom. The first-order chi connectivity index (χ1) is 14.0. The summed E-state index contributed by atoms with van der Waals surface area (Å²) in [6.07, 6.45) is 2.85. The molecule has 1 aromatic carbocycles. The Balaban J connectivity index is 1.82. The van der Waals surface area contributed by atoms with E-state index >= 15 is 0 Å². The summed E-state index contributed by atoms with van der Waals surface area (Å²) in [5, 5.41) is 13.9. The third kappa shape index (κ3) is 3.49. The molecule has 3 heterocycles. The first-order valence-corrected chi connectivity index (χ1v) is 10.4. The highest BCUT2D eigenvalue weighted by molar-refractivity contribution is 7.80. The normalized spacial score (nSPS) is 18.9. The van der Waals surface area contributed by atoms with Gasteiger partial charge in [0.2, 0.25) is 0 Å². The highest BCUT2D eigenvalue weighted by Crippen LogP contribution is 2.41. The predicted octanol–water partition coefficient (Wildman–Crippen LogP) is 4.58. The Bertz CT molecular complexity index is 1010. The van der Waals surface area contributed by atoms with E-state index in [4.69, 9.17) is 12.2 Å². The van der Waals surface area contributed by atoms with Gasteiger partial charge in [-0.05, 0) is 80.5 Å². The fourth-order valence-electron chi connectivity index (χ4n) is 4.31. The largest absolute Gasteiger partial charge is 0.508 e. The molecule has 0 amide bonds. The van der Waals surface area contributed by atoms with Crippen molar-refractivity contribution in [1.29, 1.82) is 0 Å². The van der Waals surface area contributed by atoms with Crippen LogP contribution in [0.3, 0.4) is 0 Å². The molecule has 5 nitrogen and oxygen atoms in total. The molecule has 4 rings (SSSR count). The molecule has 2 aromatic heterocycles. The number of hydrogen-bond acceptors (Lipinski definition) is 3. The first-order valence-electron chi connectivity index (χ1n) is 9.97. The van der Waals surface area contributed by atoms with Crippen molar-refractivity contribution in [2.24, 2.45) is 0 Å². The Labute approximate surface area is 177 Å². The summed E-state index contributed by atoms with van der Waals surface area (Å²) in [6.45, 7) is 7.33. The van der Waals surface area contributed by atoms with Gasteiger partial charge in [-0.25, -0.2) is 0 Å². The van der Waals surface area contributed by atoms with E-state index in [1.165, 1.54) is 11.3 Å². The van der Waals surface area contributed by atoms with Crippen molar-refractivity contribution < 1.29 is 5.11 Å². The molecular weight excluding hydrogens is 380 g/mol. The fourth-order valence-corrected chi connectivity index (χ4v) is 4.64. The van der Waals surface area contributed by atoms with E-state index in [0.29, 0.717) is 0 Å². The van der Waals surface area contributed by atoms with Crippen molar-refractivity contribution in [2.45, 2.75) is 39.3 Å². The van der Waals surface area contributed by atoms with E-state index in [9.17, 15) is 5.11 Å². The van der Waals surface area contributed by atoms with Gasteiger partial charge in [0.05, 0.1) is 17.8 Å². The number of aryl methyl sites for hydroxylation is 1. The van der Waals surface area contributed by atoms with E-state index in [-0.39, 0.29) is 17.8 Å². The van der Waals surface area contributed by atoms with Gasteiger partial charge in [0.15, 0.2) is 5.11 Å². The van der Waals surface area contributed by atoms with Crippen LogP contribution in [0.4, 0.5) is 0 Å². The summed E-state index contributed by atoms with van der Waals surface area (Å²) in [6, 6.07) is 15.7. The van der Waals surface area contributed by atoms with Crippen molar-refractivity contribution >= 4 is 17.3 Å². The molecule has 2 N–H and O–H groups in total. The summed E-state index contributed by atoms with van der Waals surface area (Å²) in [5.41, 5.74) is 5.60. The van der Waals surface area contributed by atoms with E-state index in [1.54, 1.807) is 12.1 Å². The minimum absolute atomic E-state index is 0.00372. The van der Waals surface area contributed by atoms with Crippen LogP contribution in [0.15, 0.2) is 54.7 Å². The summed E-state index contributed by atoms with van der Waals surface area (Å²) >= 11 is 5.70. The van der Waals surface area contributed by atoms with Crippen molar-refractivity contribution in [3.63, 3.8) is 0 Å². The molecule has 29 heavy (non-hydrogen) atoms. The Morgan fingerprint density at radius 1 is 1.14 bits per heavy atom. The molecule has 0 bridgehead atoms. The minimum atomic E-state index is 0.00372. The minimum Gasteiger partial charge on any atom is -0.508 e. The zero-order chi connectivity index (χ0) is 20.5. The molecule has 1 aliphatic rings. The van der Waals surface area contributed by atoms with Gasteiger partial charge in [-0.3, -0.25) is 4.98 Å². The molecule has 1 fully saturated rings. The Morgan fingerprint density at radius 2 is 1.90 bits per heavy atom. The number of phenolic OH excluding ortho intramolecular Hbond substituents is 1. The molecule has 0 saturated carbocycles. The summed E-state index contributed by atoms with van der Waals surface area (Å²) in [7, 11) is 0. The number of thiocarbonyl (C=S) groups is 1. The molecule has 3 aromatic rings. The highest BCUT2D eigenvalue weighted by Gasteiger charge is 2.40. The van der Waals surface area contributed by atoms with Gasteiger partial charge in [0.1, 0.15) is 5.75 Å². The van der Waals surface area contributed by atoms with Gasteiger partial charge in [0.25, 0.3) is 0 Å². The number of nitrogens with one attached hydrogen (secondary N) is 1. The van der Waals surface area contributed by atoms with Crippen molar-refractivity contribution in [1.82, 2.24) is 19.8 Å². The molecule has 1 saturated heterocycles. The van der Waals surface area contributed by atoms with E-state index in [1.807, 2.05) is 30.5 Å². The number of aromatic hydroxyl groups is 1. The van der Waals surface area contributed by atoms with Crippen molar-refractivity contribution in [2.75, 3.05) is 6.54 Å².